The van der Waals surface area contributed by atoms with Crippen LogP contribution >= 0.6 is 0 Å². The van der Waals surface area contributed by atoms with Gasteiger partial charge in [-0.1, -0.05) is 42.5 Å². The molecule has 1 unspecified atom stereocenters. The molecule has 1 aliphatic carbocycles. The van der Waals surface area contributed by atoms with Crippen LogP contribution < -0.4 is 5.32 Å². The predicted octanol–water partition coefficient (Wildman–Crippen LogP) is 2.03. The van der Waals surface area contributed by atoms with Crippen molar-refractivity contribution in [3.63, 3.8) is 0 Å². The van der Waals surface area contributed by atoms with Crippen LogP contribution in [0.1, 0.15) is 31.2 Å². The fourth-order valence-electron chi connectivity index (χ4n) is 3.45. The lowest BCUT2D eigenvalue weighted by Gasteiger charge is -2.27. The van der Waals surface area contributed by atoms with E-state index < -0.39 is 12.0 Å². The van der Waals surface area contributed by atoms with Crippen LogP contribution in [0.15, 0.2) is 53.8 Å². The number of amides is 2. The Kier molecular flexibility index (Phi) is 5.51. The Labute approximate surface area is 152 Å². The molecule has 1 heterocycles. The van der Waals surface area contributed by atoms with Crippen LogP contribution in [-0.2, 0) is 20.8 Å². The number of carboxylic acid groups (broad SMARTS) is 1. The molecule has 1 atom stereocenters. The van der Waals surface area contributed by atoms with Crippen molar-refractivity contribution in [2.75, 3.05) is 6.54 Å². The molecule has 6 heteroatoms. The number of hydrogen-bond acceptors (Lipinski definition) is 3. The zero-order valence-electron chi connectivity index (χ0n) is 14.5. The maximum absolute atomic E-state index is 12.9. The fourth-order valence-corrected chi connectivity index (χ4v) is 3.45. The van der Waals surface area contributed by atoms with Gasteiger partial charge in [-0.2, -0.15) is 0 Å². The number of nitrogens with zero attached hydrogens (tertiary/aromatic N) is 1. The topological polar surface area (TPSA) is 86.7 Å². The molecule has 2 amide bonds. The van der Waals surface area contributed by atoms with Crippen molar-refractivity contribution in [2.45, 2.75) is 38.1 Å². The van der Waals surface area contributed by atoms with E-state index in [4.69, 9.17) is 0 Å². The van der Waals surface area contributed by atoms with Crippen LogP contribution in [0.3, 0.4) is 0 Å². The molecule has 6 nitrogen and oxygen atoms in total. The van der Waals surface area contributed by atoms with Crippen molar-refractivity contribution in [1.29, 1.82) is 0 Å². The molecule has 0 aromatic heterocycles. The lowest BCUT2D eigenvalue weighted by Crippen LogP contribution is -2.49. The first-order valence-electron chi connectivity index (χ1n) is 8.79. The molecule has 3 rings (SSSR count). The summed E-state index contributed by atoms with van der Waals surface area (Å²) in [5, 5.41) is 12.0. The molecular weight excluding hydrogens is 332 g/mol. The van der Waals surface area contributed by atoms with Crippen LogP contribution in [0.5, 0.6) is 0 Å². The van der Waals surface area contributed by atoms with Gasteiger partial charge in [-0.15, -0.1) is 0 Å². The van der Waals surface area contributed by atoms with Crippen molar-refractivity contribution in [3.05, 3.63) is 59.3 Å². The molecule has 0 saturated carbocycles. The minimum absolute atomic E-state index is 0.191. The highest BCUT2D eigenvalue weighted by atomic mass is 16.4. The van der Waals surface area contributed by atoms with E-state index >= 15 is 0 Å². The zero-order chi connectivity index (χ0) is 18.5. The fraction of sp³-hybridized carbons (Fsp3) is 0.350. The van der Waals surface area contributed by atoms with E-state index in [1.165, 1.54) is 4.90 Å². The van der Waals surface area contributed by atoms with Crippen molar-refractivity contribution in [1.82, 2.24) is 10.2 Å². The van der Waals surface area contributed by atoms with Crippen molar-refractivity contribution in [2.24, 2.45) is 0 Å². The Morgan fingerprint density at radius 1 is 1.19 bits per heavy atom. The Morgan fingerprint density at radius 2 is 1.96 bits per heavy atom. The summed E-state index contributed by atoms with van der Waals surface area (Å²) in [6.45, 7) is -0.378. The number of allylic oxidation sites excluding steroid dienone is 4. The van der Waals surface area contributed by atoms with Crippen molar-refractivity contribution in [3.8, 4) is 0 Å². The smallest absolute Gasteiger partial charge is 0.323 e. The number of carboxylic acids is 1. The summed E-state index contributed by atoms with van der Waals surface area (Å²) in [7, 11) is 0. The lowest BCUT2D eigenvalue weighted by molar-refractivity contribution is -0.144. The standard InChI is InChI=1S/C20H22N2O4/c23-18(12-14-6-2-1-3-7-14)21-16-11-10-15-8-4-5-9-17(15)22(20(16)26)13-19(24)25/h1-4,6-8,16H,5,9-13H2,(H,21,23)(H,24,25). The quantitative estimate of drug-likeness (QED) is 0.847. The molecular formula is C20H22N2O4. The van der Waals surface area contributed by atoms with E-state index in [2.05, 4.69) is 5.32 Å². The average molecular weight is 354 g/mol. The molecule has 0 saturated heterocycles. The first kappa shape index (κ1) is 17.9. The second-order valence-corrected chi connectivity index (χ2v) is 6.55. The van der Waals surface area contributed by atoms with Gasteiger partial charge in [0.15, 0.2) is 0 Å². The molecule has 0 fully saturated rings. The maximum atomic E-state index is 12.9. The number of hydrogen-bond donors (Lipinski definition) is 2. The Balaban J connectivity index is 1.74. The largest absolute Gasteiger partial charge is 0.480 e. The second-order valence-electron chi connectivity index (χ2n) is 6.55. The first-order valence-corrected chi connectivity index (χ1v) is 8.79. The van der Waals surface area contributed by atoms with Gasteiger partial charge in [0.05, 0.1) is 6.42 Å². The molecule has 2 N–H and O–H groups in total. The third kappa shape index (κ3) is 4.20. The van der Waals surface area contributed by atoms with Gasteiger partial charge < -0.3 is 15.3 Å². The van der Waals surface area contributed by atoms with E-state index in [0.29, 0.717) is 19.3 Å². The summed E-state index contributed by atoms with van der Waals surface area (Å²) in [5.41, 5.74) is 2.64. The van der Waals surface area contributed by atoms with Gasteiger partial charge in [0.1, 0.15) is 12.6 Å². The van der Waals surface area contributed by atoms with E-state index in [-0.39, 0.29) is 24.8 Å². The number of rotatable bonds is 5. The predicted molar refractivity (Wildman–Crippen MR) is 96.1 cm³/mol. The second kappa shape index (κ2) is 7.99. The molecule has 26 heavy (non-hydrogen) atoms. The SMILES string of the molecule is O=C(O)CN1C(=O)C(NC(=O)Cc2ccccc2)CCC2=C1CCC=C2. The summed E-state index contributed by atoms with van der Waals surface area (Å²) < 4.78 is 0. The normalized spacial score (nSPS) is 19.8. The molecule has 1 aliphatic heterocycles. The van der Waals surface area contributed by atoms with Crippen LogP contribution in [-0.4, -0.2) is 40.4 Å². The van der Waals surface area contributed by atoms with Crippen LogP contribution in [0.2, 0.25) is 0 Å². The van der Waals surface area contributed by atoms with Gasteiger partial charge in [-0.05, 0) is 36.8 Å². The van der Waals surface area contributed by atoms with E-state index in [1.54, 1.807) is 0 Å². The number of carbonyl (C=O) groups is 3. The summed E-state index contributed by atoms with van der Waals surface area (Å²) in [4.78, 5) is 37.9. The minimum Gasteiger partial charge on any atom is -0.480 e. The third-order valence-electron chi connectivity index (χ3n) is 4.67. The van der Waals surface area contributed by atoms with Gasteiger partial charge in [-0.3, -0.25) is 14.4 Å². The third-order valence-corrected chi connectivity index (χ3v) is 4.67. The van der Waals surface area contributed by atoms with E-state index in [9.17, 15) is 19.5 Å². The number of aliphatic carboxylic acids is 1. The van der Waals surface area contributed by atoms with Crippen LogP contribution in [0.25, 0.3) is 0 Å². The van der Waals surface area contributed by atoms with Gasteiger partial charge in [0, 0.05) is 5.70 Å². The van der Waals surface area contributed by atoms with Crippen LogP contribution in [0, 0.1) is 0 Å². The summed E-state index contributed by atoms with van der Waals surface area (Å²) in [6, 6.07) is 8.61. The highest BCUT2D eigenvalue weighted by molar-refractivity contribution is 5.91. The molecule has 0 radical (unpaired) electrons. The molecule has 1 aromatic carbocycles. The lowest BCUT2D eigenvalue weighted by atomic mass is 9.99. The molecule has 136 valence electrons. The first-order chi connectivity index (χ1) is 12.5. The molecule has 2 aliphatic rings. The van der Waals surface area contributed by atoms with Gasteiger partial charge in [-0.25, -0.2) is 0 Å². The highest BCUT2D eigenvalue weighted by Gasteiger charge is 2.33. The summed E-state index contributed by atoms with van der Waals surface area (Å²) in [6.07, 6.45) is 6.74. The summed E-state index contributed by atoms with van der Waals surface area (Å²) in [5.74, 6) is -1.63. The number of benzene rings is 1. The van der Waals surface area contributed by atoms with Crippen molar-refractivity contribution < 1.29 is 19.5 Å². The zero-order valence-corrected chi connectivity index (χ0v) is 14.5. The van der Waals surface area contributed by atoms with Gasteiger partial charge in [0.2, 0.25) is 11.8 Å². The molecule has 0 spiro atoms. The average Bonchev–Trinajstić information content (AvgIpc) is 2.75. The van der Waals surface area contributed by atoms with Gasteiger partial charge >= 0.3 is 5.97 Å². The van der Waals surface area contributed by atoms with Gasteiger partial charge in [0.25, 0.3) is 0 Å². The number of nitrogens with one attached hydrogen (secondary N) is 1. The minimum atomic E-state index is -1.06. The number of carbonyl (C=O) groups excluding carboxylic acids is 2. The highest BCUT2D eigenvalue weighted by Crippen LogP contribution is 2.30. The van der Waals surface area contributed by atoms with Crippen LogP contribution in [0.4, 0.5) is 0 Å². The molecule has 0 bridgehead atoms. The molecule has 1 aromatic rings. The Bertz CT molecular complexity index is 767. The monoisotopic (exact) mass is 354 g/mol. The van der Waals surface area contributed by atoms with E-state index in [0.717, 1.165) is 23.3 Å². The summed E-state index contributed by atoms with van der Waals surface area (Å²) >= 11 is 0. The maximum Gasteiger partial charge on any atom is 0.323 e. The Morgan fingerprint density at radius 3 is 2.69 bits per heavy atom. The van der Waals surface area contributed by atoms with E-state index in [1.807, 2.05) is 42.5 Å². The van der Waals surface area contributed by atoms with Crippen molar-refractivity contribution >= 4 is 17.8 Å². The Hall–Kier alpha value is -2.89.